The first-order valence-electron chi connectivity index (χ1n) is 5.26. The van der Waals surface area contributed by atoms with Crippen LogP contribution in [0.5, 0.6) is 11.5 Å². The van der Waals surface area contributed by atoms with E-state index in [1.54, 1.807) is 24.3 Å². The molecule has 1 amide bonds. The Kier molecular flexibility index (Phi) is 3.05. The molecule has 2 rings (SSSR count). The second-order valence-electron chi connectivity index (χ2n) is 3.74. The summed E-state index contributed by atoms with van der Waals surface area (Å²) in [6, 6.07) is 10.5. The van der Waals surface area contributed by atoms with Crippen molar-refractivity contribution < 1.29 is 15.0 Å². The lowest BCUT2D eigenvalue weighted by atomic mass is 10.1. The smallest absolute Gasteiger partial charge is 0.259 e. The summed E-state index contributed by atoms with van der Waals surface area (Å²) in [4.78, 5) is 11.9. The molecular weight excluding hydrogens is 232 g/mol. The molecule has 5 heteroatoms. The van der Waals surface area contributed by atoms with E-state index in [9.17, 15) is 15.0 Å². The van der Waals surface area contributed by atoms with Crippen LogP contribution in [0, 0.1) is 0 Å². The van der Waals surface area contributed by atoms with Crippen LogP contribution in [0.1, 0.15) is 10.4 Å². The highest BCUT2D eigenvalue weighted by molar-refractivity contribution is 6.07. The first kappa shape index (κ1) is 11.8. The number of rotatable bonds is 2. The van der Waals surface area contributed by atoms with Gasteiger partial charge < -0.3 is 21.3 Å². The fraction of sp³-hybridized carbons (Fsp3) is 0. The molecule has 2 aromatic carbocycles. The molecule has 0 fully saturated rings. The third-order valence-electron chi connectivity index (χ3n) is 2.43. The van der Waals surface area contributed by atoms with E-state index in [4.69, 9.17) is 5.73 Å². The monoisotopic (exact) mass is 244 g/mol. The molecule has 5 N–H and O–H groups in total. The molecule has 0 aliphatic rings. The number of amides is 1. The topological polar surface area (TPSA) is 95.6 Å². The second kappa shape index (κ2) is 4.67. The molecule has 0 saturated heterocycles. The van der Waals surface area contributed by atoms with E-state index in [0.29, 0.717) is 11.4 Å². The molecule has 0 spiro atoms. The normalized spacial score (nSPS) is 10.0. The summed E-state index contributed by atoms with van der Waals surface area (Å²) in [7, 11) is 0. The summed E-state index contributed by atoms with van der Waals surface area (Å²) in [6.45, 7) is 0. The predicted octanol–water partition coefficient (Wildman–Crippen LogP) is 1.93. The number of carbonyl (C=O) groups excluding carboxylic acids is 1. The Labute approximate surface area is 103 Å². The molecule has 0 atom stereocenters. The molecule has 0 saturated carbocycles. The molecule has 92 valence electrons. The van der Waals surface area contributed by atoms with Gasteiger partial charge in [0.1, 0.15) is 11.5 Å². The fourth-order valence-electron chi connectivity index (χ4n) is 1.51. The van der Waals surface area contributed by atoms with Gasteiger partial charge in [0.2, 0.25) is 0 Å². The third-order valence-corrected chi connectivity index (χ3v) is 2.43. The third kappa shape index (κ3) is 2.35. The minimum absolute atomic E-state index is 0.0155. The van der Waals surface area contributed by atoms with Crippen molar-refractivity contribution in [2.24, 2.45) is 0 Å². The standard InChI is InChI=1S/C13H12N2O3/c14-10-3-1-2-4-11(10)15-13(18)9-7-8(16)5-6-12(9)17/h1-7,16-17H,14H2,(H,15,18). The van der Waals surface area contributed by atoms with Gasteiger partial charge in [-0.25, -0.2) is 0 Å². The summed E-state index contributed by atoms with van der Waals surface area (Å²) in [5.74, 6) is -0.847. The molecule has 18 heavy (non-hydrogen) atoms. The minimum Gasteiger partial charge on any atom is -0.508 e. The van der Waals surface area contributed by atoms with Crippen molar-refractivity contribution in [2.45, 2.75) is 0 Å². The number of benzene rings is 2. The van der Waals surface area contributed by atoms with Crippen molar-refractivity contribution in [3.05, 3.63) is 48.0 Å². The van der Waals surface area contributed by atoms with Crippen LogP contribution in [0.3, 0.4) is 0 Å². The molecule has 0 aromatic heterocycles. The SMILES string of the molecule is Nc1ccccc1NC(=O)c1cc(O)ccc1O. The van der Waals surface area contributed by atoms with Crippen molar-refractivity contribution in [2.75, 3.05) is 11.1 Å². The average molecular weight is 244 g/mol. The van der Waals surface area contributed by atoms with E-state index in [-0.39, 0.29) is 17.1 Å². The van der Waals surface area contributed by atoms with Crippen LogP contribution in [-0.4, -0.2) is 16.1 Å². The largest absolute Gasteiger partial charge is 0.508 e. The number of hydrogen-bond acceptors (Lipinski definition) is 4. The zero-order valence-electron chi connectivity index (χ0n) is 9.42. The highest BCUT2D eigenvalue weighted by Crippen LogP contribution is 2.24. The average Bonchev–Trinajstić information content (AvgIpc) is 2.35. The first-order valence-corrected chi connectivity index (χ1v) is 5.26. The Bertz CT molecular complexity index is 597. The number of anilines is 2. The lowest BCUT2D eigenvalue weighted by Gasteiger charge is -2.09. The quantitative estimate of drug-likeness (QED) is 0.479. The van der Waals surface area contributed by atoms with Crippen LogP contribution >= 0.6 is 0 Å². The Morgan fingerprint density at radius 3 is 2.56 bits per heavy atom. The van der Waals surface area contributed by atoms with Gasteiger partial charge in [-0.1, -0.05) is 12.1 Å². The van der Waals surface area contributed by atoms with E-state index in [1.807, 2.05) is 0 Å². The maximum atomic E-state index is 11.9. The van der Waals surface area contributed by atoms with Crippen LogP contribution in [0.25, 0.3) is 0 Å². The maximum absolute atomic E-state index is 11.9. The minimum atomic E-state index is -0.540. The van der Waals surface area contributed by atoms with Gasteiger partial charge in [0, 0.05) is 0 Å². The van der Waals surface area contributed by atoms with E-state index < -0.39 is 5.91 Å². The van der Waals surface area contributed by atoms with E-state index >= 15 is 0 Å². The Morgan fingerprint density at radius 2 is 1.83 bits per heavy atom. The zero-order valence-corrected chi connectivity index (χ0v) is 9.42. The molecule has 0 radical (unpaired) electrons. The van der Waals surface area contributed by atoms with Crippen molar-refractivity contribution in [1.82, 2.24) is 0 Å². The Balaban J connectivity index is 2.28. The lowest BCUT2D eigenvalue weighted by molar-refractivity contribution is 0.102. The summed E-state index contributed by atoms with van der Waals surface area (Å²) in [6.07, 6.45) is 0. The molecule has 0 heterocycles. The number of phenols is 2. The highest BCUT2D eigenvalue weighted by atomic mass is 16.3. The fourth-order valence-corrected chi connectivity index (χ4v) is 1.51. The van der Waals surface area contributed by atoms with Gasteiger partial charge >= 0.3 is 0 Å². The zero-order chi connectivity index (χ0) is 13.1. The van der Waals surface area contributed by atoms with Crippen LogP contribution in [0.2, 0.25) is 0 Å². The lowest BCUT2D eigenvalue weighted by Crippen LogP contribution is -2.13. The Hall–Kier alpha value is -2.69. The molecule has 0 bridgehead atoms. The van der Waals surface area contributed by atoms with Gasteiger partial charge in [0.05, 0.1) is 16.9 Å². The summed E-state index contributed by atoms with van der Waals surface area (Å²) >= 11 is 0. The van der Waals surface area contributed by atoms with Gasteiger partial charge in [-0.2, -0.15) is 0 Å². The summed E-state index contributed by atoms with van der Waals surface area (Å²) in [5, 5.41) is 21.4. The van der Waals surface area contributed by atoms with Crippen molar-refractivity contribution >= 4 is 17.3 Å². The van der Waals surface area contributed by atoms with Crippen LogP contribution in [0.4, 0.5) is 11.4 Å². The summed E-state index contributed by atoms with van der Waals surface area (Å²) < 4.78 is 0. The van der Waals surface area contributed by atoms with Gasteiger partial charge in [0.15, 0.2) is 0 Å². The number of aromatic hydroxyl groups is 2. The van der Waals surface area contributed by atoms with Crippen molar-refractivity contribution in [1.29, 1.82) is 0 Å². The number of nitrogens with one attached hydrogen (secondary N) is 1. The first-order chi connectivity index (χ1) is 8.58. The highest BCUT2D eigenvalue weighted by Gasteiger charge is 2.13. The molecule has 2 aromatic rings. The van der Waals surface area contributed by atoms with E-state index in [1.165, 1.54) is 18.2 Å². The Morgan fingerprint density at radius 1 is 1.11 bits per heavy atom. The number of phenolic OH excluding ortho intramolecular Hbond substituents is 2. The molecule has 0 aliphatic heterocycles. The van der Waals surface area contributed by atoms with Gasteiger partial charge in [-0.05, 0) is 30.3 Å². The van der Waals surface area contributed by atoms with Crippen molar-refractivity contribution in [3.8, 4) is 11.5 Å². The van der Waals surface area contributed by atoms with Gasteiger partial charge in [-0.3, -0.25) is 4.79 Å². The molecule has 5 nitrogen and oxygen atoms in total. The summed E-state index contributed by atoms with van der Waals surface area (Å²) in [5.41, 5.74) is 6.54. The second-order valence-corrected chi connectivity index (χ2v) is 3.74. The molecular formula is C13H12N2O3. The predicted molar refractivity (Wildman–Crippen MR) is 68.6 cm³/mol. The number of para-hydroxylation sites is 2. The van der Waals surface area contributed by atoms with Crippen LogP contribution in [0.15, 0.2) is 42.5 Å². The van der Waals surface area contributed by atoms with E-state index in [2.05, 4.69) is 5.32 Å². The maximum Gasteiger partial charge on any atom is 0.259 e. The molecule has 0 unspecified atom stereocenters. The number of hydrogen-bond donors (Lipinski definition) is 4. The van der Waals surface area contributed by atoms with Gasteiger partial charge in [0.25, 0.3) is 5.91 Å². The number of nitrogen functional groups attached to an aromatic ring is 1. The van der Waals surface area contributed by atoms with Crippen LogP contribution in [-0.2, 0) is 0 Å². The van der Waals surface area contributed by atoms with Crippen LogP contribution < -0.4 is 11.1 Å². The van der Waals surface area contributed by atoms with E-state index in [0.717, 1.165) is 0 Å². The number of carbonyl (C=O) groups is 1. The number of nitrogens with two attached hydrogens (primary N) is 1. The van der Waals surface area contributed by atoms with Crippen molar-refractivity contribution in [3.63, 3.8) is 0 Å². The molecule has 0 aliphatic carbocycles. The van der Waals surface area contributed by atoms with Gasteiger partial charge in [-0.15, -0.1) is 0 Å².